The Labute approximate surface area is 98.9 Å². The minimum atomic E-state index is -0.385. The maximum Gasteiger partial charge on any atom is 0.106 e. The van der Waals surface area contributed by atoms with E-state index in [9.17, 15) is 5.11 Å². The summed E-state index contributed by atoms with van der Waals surface area (Å²) in [6, 6.07) is 3.94. The first-order valence-electron chi connectivity index (χ1n) is 5.49. The fraction of sp³-hybridized carbons (Fsp3) is 0.583. The van der Waals surface area contributed by atoms with Crippen LogP contribution in [0.2, 0.25) is 0 Å². The second kappa shape index (κ2) is 4.62. The zero-order valence-electron chi connectivity index (χ0n) is 8.91. The van der Waals surface area contributed by atoms with Crippen LogP contribution in [0.5, 0.6) is 0 Å². The Hall–Kier alpha value is -0.410. The summed E-state index contributed by atoms with van der Waals surface area (Å²) in [6.07, 6.45) is 4.37. The molecule has 0 aliphatic heterocycles. The number of hydrogen-bond donors (Lipinski definition) is 1. The zero-order chi connectivity index (χ0) is 10.8. The third kappa shape index (κ3) is 2.58. The Kier molecular flexibility index (Phi) is 3.42. The molecule has 0 radical (unpaired) electrons. The van der Waals surface area contributed by atoms with E-state index in [4.69, 9.17) is 0 Å². The standard InChI is InChI=1S/C12H16BrNO/c1-8-6-10(14-11(13)7-8)12(15)9-4-2-3-5-9/h6-7,9,12,15H,2-5H2,1H3. The van der Waals surface area contributed by atoms with Crippen LogP contribution >= 0.6 is 15.9 Å². The number of aliphatic hydroxyl groups is 1. The number of aromatic nitrogens is 1. The molecule has 1 saturated carbocycles. The van der Waals surface area contributed by atoms with Gasteiger partial charge in [0.25, 0.3) is 0 Å². The predicted octanol–water partition coefficient (Wildman–Crippen LogP) is 3.38. The van der Waals surface area contributed by atoms with Crippen molar-refractivity contribution in [1.29, 1.82) is 0 Å². The Bertz CT molecular complexity index is 327. The largest absolute Gasteiger partial charge is 0.387 e. The van der Waals surface area contributed by atoms with Crippen LogP contribution in [0.1, 0.15) is 43.0 Å². The lowest BCUT2D eigenvalue weighted by molar-refractivity contribution is 0.107. The van der Waals surface area contributed by atoms with Gasteiger partial charge in [-0.05, 0) is 59.3 Å². The van der Waals surface area contributed by atoms with Crippen molar-refractivity contribution in [2.24, 2.45) is 5.92 Å². The molecule has 1 atom stereocenters. The maximum atomic E-state index is 10.2. The third-order valence-corrected chi connectivity index (χ3v) is 3.51. The number of aryl methyl sites for hydroxylation is 1. The van der Waals surface area contributed by atoms with Gasteiger partial charge in [0.2, 0.25) is 0 Å². The van der Waals surface area contributed by atoms with Gasteiger partial charge in [-0.15, -0.1) is 0 Å². The van der Waals surface area contributed by atoms with Crippen LogP contribution in [0.25, 0.3) is 0 Å². The fourth-order valence-electron chi connectivity index (χ4n) is 2.32. The highest BCUT2D eigenvalue weighted by Crippen LogP contribution is 2.35. The molecule has 1 aromatic heterocycles. The molecule has 0 saturated heterocycles. The fourth-order valence-corrected chi connectivity index (χ4v) is 2.88. The summed E-state index contributed by atoms with van der Waals surface area (Å²) in [6.45, 7) is 2.03. The van der Waals surface area contributed by atoms with Crippen molar-refractivity contribution in [3.63, 3.8) is 0 Å². The summed E-state index contributed by atoms with van der Waals surface area (Å²) in [5.41, 5.74) is 1.96. The van der Waals surface area contributed by atoms with Crippen LogP contribution in [-0.4, -0.2) is 10.1 Å². The topological polar surface area (TPSA) is 33.1 Å². The van der Waals surface area contributed by atoms with Gasteiger partial charge in [-0.2, -0.15) is 0 Å². The van der Waals surface area contributed by atoms with Gasteiger partial charge in [-0.3, -0.25) is 0 Å². The van der Waals surface area contributed by atoms with Gasteiger partial charge in [0.1, 0.15) is 4.60 Å². The first kappa shape index (κ1) is 11.1. The van der Waals surface area contributed by atoms with Crippen molar-refractivity contribution in [1.82, 2.24) is 4.98 Å². The SMILES string of the molecule is Cc1cc(Br)nc(C(O)C2CCCC2)c1. The third-order valence-electron chi connectivity index (χ3n) is 3.11. The van der Waals surface area contributed by atoms with E-state index in [0.29, 0.717) is 5.92 Å². The van der Waals surface area contributed by atoms with Crippen LogP contribution in [0.3, 0.4) is 0 Å². The summed E-state index contributed by atoms with van der Waals surface area (Å²) in [4.78, 5) is 4.35. The average Bonchev–Trinajstić information content (AvgIpc) is 2.67. The number of nitrogens with zero attached hydrogens (tertiary/aromatic N) is 1. The Morgan fingerprint density at radius 2 is 2.07 bits per heavy atom. The van der Waals surface area contributed by atoms with E-state index in [1.165, 1.54) is 12.8 Å². The molecule has 1 unspecified atom stereocenters. The second-order valence-electron chi connectivity index (χ2n) is 4.38. The lowest BCUT2D eigenvalue weighted by Crippen LogP contribution is -2.11. The van der Waals surface area contributed by atoms with E-state index >= 15 is 0 Å². The molecule has 1 aliphatic rings. The summed E-state index contributed by atoms with van der Waals surface area (Å²) < 4.78 is 0.814. The molecule has 1 aliphatic carbocycles. The summed E-state index contributed by atoms with van der Waals surface area (Å²) in [5, 5.41) is 10.2. The molecule has 82 valence electrons. The lowest BCUT2D eigenvalue weighted by atomic mass is 9.97. The molecule has 2 rings (SSSR count). The average molecular weight is 270 g/mol. The van der Waals surface area contributed by atoms with Gasteiger partial charge in [-0.1, -0.05) is 12.8 Å². The molecule has 0 aromatic carbocycles. The van der Waals surface area contributed by atoms with E-state index in [1.54, 1.807) is 0 Å². The Morgan fingerprint density at radius 3 is 2.67 bits per heavy atom. The molecular weight excluding hydrogens is 254 g/mol. The Morgan fingerprint density at radius 1 is 1.40 bits per heavy atom. The van der Waals surface area contributed by atoms with Crippen molar-refractivity contribution in [3.05, 3.63) is 28.0 Å². The van der Waals surface area contributed by atoms with Gasteiger partial charge in [0.15, 0.2) is 0 Å². The Balaban J connectivity index is 2.20. The second-order valence-corrected chi connectivity index (χ2v) is 5.19. The van der Waals surface area contributed by atoms with Crippen molar-refractivity contribution < 1.29 is 5.11 Å². The maximum absolute atomic E-state index is 10.2. The quantitative estimate of drug-likeness (QED) is 0.836. The number of hydrogen-bond acceptors (Lipinski definition) is 2. The van der Waals surface area contributed by atoms with E-state index < -0.39 is 0 Å². The van der Waals surface area contributed by atoms with E-state index in [2.05, 4.69) is 20.9 Å². The number of rotatable bonds is 2. The molecule has 1 aromatic rings. The van der Waals surface area contributed by atoms with Crippen LogP contribution in [0.4, 0.5) is 0 Å². The number of pyridine rings is 1. The van der Waals surface area contributed by atoms with Crippen molar-refractivity contribution in [2.75, 3.05) is 0 Å². The van der Waals surface area contributed by atoms with Crippen LogP contribution in [0.15, 0.2) is 16.7 Å². The molecular formula is C12H16BrNO. The van der Waals surface area contributed by atoms with Crippen LogP contribution in [0, 0.1) is 12.8 Å². The van der Waals surface area contributed by atoms with Gasteiger partial charge in [0.05, 0.1) is 11.8 Å². The molecule has 1 fully saturated rings. The molecule has 0 spiro atoms. The van der Waals surface area contributed by atoms with Crippen molar-refractivity contribution in [3.8, 4) is 0 Å². The van der Waals surface area contributed by atoms with Crippen molar-refractivity contribution >= 4 is 15.9 Å². The number of aliphatic hydroxyl groups excluding tert-OH is 1. The highest BCUT2D eigenvalue weighted by Gasteiger charge is 2.25. The highest BCUT2D eigenvalue weighted by molar-refractivity contribution is 9.10. The summed E-state index contributed by atoms with van der Waals surface area (Å²) >= 11 is 3.37. The molecule has 0 bridgehead atoms. The summed E-state index contributed by atoms with van der Waals surface area (Å²) in [7, 11) is 0. The van der Waals surface area contributed by atoms with E-state index in [0.717, 1.165) is 28.7 Å². The zero-order valence-corrected chi connectivity index (χ0v) is 10.5. The van der Waals surface area contributed by atoms with E-state index in [1.807, 2.05) is 19.1 Å². The van der Waals surface area contributed by atoms with E-state index in [-0.39, 0.29) is 6.10 Å². The predicted molar refractivity (Wildman–Crippen MR) is 63.6 cm³/mol. The van der Waals surface area contributed by atoms with Crippen LogP contribution in [-0.2, 0) is 0 Å². The first-order valence-corrected chi connectivity index (χ1v) is 6.28. The minimum absolute atomic E-state index is 0.385. The first-order chi connectivity index (χ1) is 7.16. The minimum Gasteiger partial charge on any atom is -0.387 e. The molecule has 0 amide bonds. The number of halogens is 1. The highest BCUT2D eigenvalue weighted by atomic mass is 79.9. The van der Waals surface area contributed by atoms with Gasteiger partial charge in [-0.25, -0.2) is 4.98 Å². The van der Waals surface area contributed by atoms with Crippen LogP contribution < -0.4 is 0 Å². The lowest BCUT2D eigenvalue weighted by Gasteiger charge is -2.17. The van der Waals surface area contributed by atoms with Gasteiger partial charge < -0.3 is 5.11 Å². The van der Waals surface area contributed by atoms with Crippen molar-refractivity contribution in [2.45, 2.75) is 38.7 Å². The molecule has 15 heavy (non-hydrogen) atoms. The normalized spacial score (nSPS) is 19.4. The monoisotopic (exact) mass is 269 g/mol. The molecule has 2 nitrogen and oxygen atoms in total. The molecule has 1 N–H and O–H groups in total. The molecule has 3 heteroatoms. The molecule has 1 heterocycles. The van der Waals surface area contributed by atoms with Gasteiger partial charge >= 0.3 is 0 Å². The smallest absolute Gasteiger partial charge is 0.106 e. The summed E-state index contributed by atoms with van der Waals surface area (Å²) in [5.74, 6) is 0.409. The van der Waals surface area contributed by atoms with Gasteiger partial charge in [0, 0.05) is 0 Å².